The zero-order chi connectivity index (χ0) is 15.5. The first kappa shape index (κ1) is 17.0. The van der Waals surface area contributed by atoms with E-state index in [1.54, 1.807) is 7.05 Å². The molecule has 0 aromatic heterocycles. The van der Waals surface area contributed by atoms with E-state index in [2.05, 4.69) is 0 Å². The third kappa shape index (κ3) is 4.24. The zero-order valence-electron chi connectivity index (χ0n) is 10.9. The number of carbonyl (C=O) groups is 1. The fourth-order valence-corrected chi connectivity index (χ4v) is 2.55. The molecule has 0 spiro atoms. The molecule has 1 aromatic rings. The average molecular weight is 341 g/mol. The summed E-state index contributed by atoms with van der Waals surface area (Å²) in [5.74, 6) is -0.214. The predicted octanol–water partition coefficient (Wildman–Crippen LogP) is 1.50. The highest BCUT2D eigenvalue weighted by molar-refractivity contribution is 7.89. The van der Waals surface area contributed by atoms with Gasteiger partial charge in [0.25, 0.3) is 5.91 Å². The summed E-state index contributed by atoms with van der Waals surface area (Å²) in [6.45, 7) is 2.10. The van der Waals surface area contributed by atoms with Gasteiger partial charge in [0.05, 0.1) is 14.9 Å². The highest BCUT2D eigenvalue weighted by Crippen LogP contribution is 2.35. The quantitative estimate of drug-likeness (QED) is 0.879. The van der Waals surface area contributed by atoms with Crippen LogP contribution < -0.4 is 9.88 Å². The van der Waals surface area contributed by atoms with Crippen LogP contribution in [0, 0.1) is 0 Å². The maximum atomic E-state index is 11.6. The molecule has 1 aromatic carbocycles. The number of hydrogen-bond acceptors (Lipinski definition) is 4. The van der Waals surface area contributed by atoms with Crippen LogP contribution in [0.5, 0.6) is 5.75 Å². The topological polar surface area (TPSA) is 89.7 Å². The molecular weight excluding hydrogens is 327 g/mol. The van der Waals surface area contributed by atoms with Crippen molar-refractivity contribution in [3.8, 4) is 5.75 Å². The number of nitrogens with two attached hydrogens (primary N) is 1. The average Bonchev–Trinajstić information content (AvgIpc) is 2.35. The van der Waals surface area contributed by atoms with Gasteiger partial charge in [0.1, 0.15) is 0 Å². The second-order valence-electron chi connectivity index (χ2n) is 3.96. The Morgan fingerprint density at radius 2 is 1.85 bits per heavy atom. The Morgan fingerprint density at radius 1 is 1.35 bits per heavy atom. The van der Waals surface area contributed by atoms with Crippen molar-refractivity contribution in [3.05, 3.63) is 22.2 Å². The van der Waals surface area contributed by atoms with E-state index >= 15 is 0 Å². The molecule has 20 heavy (non-hydrogen) atoms. The molecule has 6 nitrogen and oxygen atoms in total. The Bertz CT molecular complexity index is 596. The normalized spacial score (nSPS) is 11.2. The minimum Gasteiger partial charge on any atom is -0.481 e. The summed E-state index contributed by atoms with van der Waals surface area (Å²) in [4.78, 5) is 12.8. The Hall–Kier alpha value is -1.02. The van der Waals surface area contributed by atoms with E-state index in [-0.39, 0.29) is 33.2 Å². The van der Waals surface area contributed by atoms with E-state index in [4.69, 9.17) is 33.1 Å². The van der Waals surface area contributed by atoms with Crippen molar-refractivity contribution in [2.24, 2.45) is 5.14 Å². The lowest BCUT2D eigenvalue weighted by Gasteiger charge is -2.16. The summed E-state index contributed by atoms with van der Waals surface area (Å²) in [7, 11) is -2.29. The summed E-state index contributed by atoms with van der Waals surface area (Å²) < 4.78 is 27.6. The summed E-state index contributed by atoms with van der Waals surface area (Å²) in [5, 5.41) is 4.91. The van der Waals surface area contributed by atoms with E-state index in [1.807, 2.05) is 6.92 Å². The lowest BCUT2D eigenvalue weighted by molar-refractivity contribution is -0.131. The zero-order valence-corrected chi connectivity index (χ0v) is 13.2. The third-order valence-corrected chi connectivity index (χ3v) is 3.99. The first-order valence-corrected chi connectivity index (χ1v) is 7.85. The smallest absolute Gasteiger partial charge is 0.260 e. The molecule has 0 bridgehead atoms. The number of benzene rings is 1. The number of primary sulfonamides is 1. The summed E-state index contributed by atoms with van der Waals surface area (Å²) in [6.07, 6.45) is 0. The first-order valence-electron chi connectivity index (χ1n) is 5.55. The molecule has 9 heteroatoms. The number of nitrogens with zero attached hydrogens (tertiary/aromatic N) is 1. The number of hydrogen-bond donors (Lipinski definition) is 1. The number of ether oxygens (including phenoxy) is 1. The van der Waals surface area contributed by atoms with Crippen molar-refractivity contribution >= 4 is 39.1 Å². The minimum absolute atomic E-state index is 0.0338. The van der Waals surface area contributed by atoms with Gasteiger partial charge < -0.3 is 9.64 Å². The van der Waals surface area contributed by atoms with Crippen molar-refractivity contribution in [2.75, 3.05) is 20.2 Å². The lowest BCUT2D eigenvalue weighted by Crippen LogP contribution is -2.31. The van der Waals surface area contributed by atoms with Gasteiger partial charge in [-0.15, -0.1) is 0 Å². The lowest BCUT2D eigenvalue weighted by atomic mass is 10.3. The predicted molar refractivity (Wildman–Crippen MR) is 76.6 cm³/mol. The van der Waals surface area contributed by atoms with Gasteiger partial charge in [0, 0.05) is 13.6 Å². The maximum absolute atomic E-state index is 11.6. The Balaban J connectivity index is 2.96. The molecule has 1 rings (SSSR count). The molecule has 0 unspecified atom stereocenters. The third-order valence-electron chi connectivity index (χ3n) is 2.54. The standard InChI is InChI=1S/C11H14Cl2N2O4S/c1-3-15(2)10(16)6-19-11-8(12)4-7(5-9(11)13)20(14,17)18/h4-5H,3,6H2,1-2H3,(H2,14,17,18). The fraction of sp³-hybridized carbons (Fsp3) is 0.364. The Labute approximate surface area is 127 Å². The van der Waals surface area contributed by atoms with E-state index in [0.29, 0.717) is 6.54 Å². The summed E-state index contributed by atoms with van der Waals surface area (Å²) in [6, 6.07) is 2.23. The van der Waals surface area contributed by atoms with Crippen LogP contribution in [-0.2, 0) is 14.8 Å². The molecular formula is C11H14Cl2N2O4S. The van der Waals surface area contributed by atoms with Crippen molar-refractivity contribution < 1.29 is 17.9 Å². The highest BCUT2D eigenvalue weighted by Gasteiger charge is 2.17. The van der Waals surface area contributed by atoms with Gasteiger partial charge in [-0.05, 0) is 19.1 Å². The second kappa shape index (κ2) is 6.62. The molecule has 0 aliphatic rings. The van der Waals surface area contributed by atoms with Gasteiger partial charge in [-0.3, -0.25) is 4.79 Å². The fourth-order valence-electron chi connectivity index (χ4n) is 1.26. The van der Waals surface area contributed by atoms with Crippen LogP contribution >= 0.6 is 23.2 Å². The number of likely N-dealkylation sites (N-methyl/N-ethyl adjacent to an activating group) is 1. The molecule has 0 aliphatic carbocycles. The molecule has 0 saturated carbocycles. The first-order chi connectivity index (χ1) is 9.16. The SMILES string of the molecule is CCN(C)C(=O)COc1c(Cl)cc(S(N)(=O)=O)cc1Cl. The van der Waals surface area contributed by atoms with Gasteiger partial charge in [-0.2, -0.15) is 0 Å². The van der Waals surface area contributed by atoms with Crippen LogP contribution in [-0.4, -0.2) is 39.4 Å². The van der Waals surface area contributed by atoms with Crippen LogP contribution in [0.25, 0.3) is 0 Å². The van der Waals surface area contributed by atoms with Crippen molar-refractivity contribution in [3.63, 3.8) is 0 Å². The molecule has 0 fully saturated rings. The van der Waals surface area contributed by atoms with E-state index < -0.39 is 10.0 Å². The van der Waals surface area contributed by atoms with Gasteiger partial charge in [0.15, 0.2) is 12.4 Å². The highest BCUT2D eigenvalue weighted by atomic mass is 35.5. The molecule has 0 heterocycles. The Morgan fingerprint density at radius 3 is 2.25 bits per heavy atom. The molecule has 2 N–H and O–H groups in total. The summed E-state index contributed by atoms with van der Waals surface area (Å²) in [5.41, 5.74) is 0. The maximum Gasteiger partial charge on any atom is 0.260 e. The van der Waals surface area contributed by atoms with Crippen LogP contribution in [0.2, 0.25) is 10.0 Å². The van der Waals surface area contributed by atoms with E-state index in [9.17, 15) is 13.2 Å². The molecule has 0 atom stereocenters. The van der Waals surface area contributed by atoms with E-state index in [0.717, 1.165) is 12.1 Å². The largest absolute Gasteiger partial charge is 0.481 e. The number of amides is 1. The van der Waals surface area contributed by atoms with E-state index in [1.165, 1.54) is 4.90 Å². The summed E-state index contributed by atoms with van der Waals surface area (Å²) >= 11 is 11.8. The van der Waals surface area contributed by atoms with Crippen LogP contribution in [0.1, 0.15) is 6.92 Å². The van der Waals surface area contributed by atoms with Crippen molar-refractivity contribution in [2.45, 2.75) is 11.8 Å². The van der Waals surface area contributed by atoms with Crippen LogP contribution in [0.4, 0.5) is 0 Å². The monoisotopic (exact) mass is 340 g/mol. The van der Waals surface area contributed by atoms with Crippen molar-refractivity contribution in [1.82, 2.24) is 4.90 Å². The number of halogens is 2. The molecule has 0 radical (unpaired) electrons. The number of rotatable bonds is 5. The van der Waals surface area contributed by atoms with Gasteiger partial charge in [-0.1, -0.05) is 23.2 Å². The van der Waals surface area contributed by atoms with Gasteiger partial charge in [-0.25, -0.2) is 13.6 Å². The minimum atomic E-state index is -3.91. The molecule has 0 saturated heterocycles. The van der Waals surface area contributed by atoms with Gasteiger partial charge >= 0.3 is 0 Å². The second-order valence-corrected chi connectivity index (χ2v) is 6.33. The number of sulfonamides is 1. The van der Waals surface area contributed by atoms with Gasteiger partial charge in [0.2, 0.25) is 10.0 Å². The molecule has 1 amide bonds. The van der Waals surface area contributed by atoms with Crippen LogP contribution in [0.3, 0.4) is 0 Å². The Kier molecular flexibility index (Phi) is 5.64. The number of carbonyl (C=O) groups excluding carboxylic acids is 1. The van der Waals surface area contributed by atoms with Crippen molar-refractivity contribution in [1.29, 1.82) is 0 Å². The molecule has 0 aliphatic heterocycles. The molecule has 112 valence electrons. The van der Waals surface area contributed by atoms with Crippen LogP contribution in [0.15, 0.2) is 17.0 Å².